The van der Waals surface area contributed by atoms with Crippen LogP contribution in [0.3, 0.4) is 0 Å². The molecular weight excluding hydrogens is 702 g/mol. The molecule has 0 aromatic heterocycles. The van der Waals surface area contributed by atoms with Gasteiger partial charge in [-0.1, -0.05) is 29.3 Å². The third-order valence-electron chi connectivity index (χ3n) is 5.98. The van der Waals surface area contributed by atoms with Gasteiger partial charge in [-0.3, -0.25) is 14.5 Å². The fraction of sp³-hybridized carbons (Fsp3) is 0.207. The number of esters is 1. The van der Waals surface area contributed by atoms with E-state index < -0.39 is 11.9 Å². The Labute approximate surface area is 266 Å². The third kappa shape index (κ3) is 7.06. The van der Waals surface area contributed by atoms with Gasteiger partial charge in [0, 0.05) is 0 Å². The van der Waals surface area contributed by atoms with Crippen molar-refractivity contribution >= 4 is 86.8 Å². The Balaban J connectivity index is 1.70. The summed E-state index contributed by atoms with van der Waals surface area (Å²) < 4.78 is 22.8. The van der Waals surface area contributed by atoms with E-state index in [0.29, 0.717) is 45.2 Å². The molecular formula is C29H25Cl2IN2O6S. The zero-order valence-corrected chi connectivity index (χ0v) is 26.8. The second-order valence-corrected chi connectivity index (χ2v) is 11.0. The number of anilines is 1. The summed E-state index contributed by atoms with van der Waals surface area (Å²) >= 11 is 20.0. The molecule has 1 saturated heterocycles. The molecule has 41 heavy (non-hydrogen) atoms. The van der Waals surface area contributed by atoms with Crippen LogP contribution >= 0.6 is 58.0 Å². The van der Waals surface area contributed by atoms with Gasteiger partial charge in [-0.05, 0) is 107 Å². The van der Waals surface area contributed by atoms with Crippen molar-refractivity contribution in [1.29, 1.82) is 0 Å². The molecule has 0 saturated carbocycles. The smallest absolute Gasteiger partial charge is 0.325 e. The summed E-state index contributed by atoms with van der Waals surface area (Å²) in [6, 6.07) is 15.8. The SMILES string of the molecule is CCOc1cc(/C=C2/C(=O)N(c3ccc(OC)cc3)C(=S)N2CC(=O)OC)cc(I)c1OCc1ccc(Cl)c(Cl)c1. The summed E-state index contributed by atoms with van der Waals surface area (Å²) in [7, 11) is 2.84. The van der Waals surface area contributed by atoms with Crippen molar-refractivity contribution < 1.29 is 28.5 Å². The summed E-state index contributed by atoms with van der Waals surface area (Å²) in [6.45, 7) is 2.26. The lowest BCUT2D eigenvalue weighted by molar-refractivity contribution is -0.140. The van der Waals surface area contributed by atoms with Crippen molar-refractivity contribution in [1.82, 2.24) is 4.90 Å². The van der Waals surface area contributed by atoms with Crippen LogP contribution in [0.15, 0.2) is 60.3 Å². The number of thiocarbonyl (C=S) groups is 1. The van der Waals surface area contributed by atoms with Crippen molar-refractivity contribution in [3.63, 3.8) is 0 Å². The van der Waals surface area contributed by atoms with Crippen LogP contribution in [0.1, 0.15) is 18.1 Å². The van der Waals surface area contributed by atoms with Crippen LogP contribution in [-0.2, 0) is 20.9 Å². The van der Waals surface area contributed by atoms with Crippen molar-refractivity contribution in [2.75, 3.05) is 32.3 Å². The predicted octanol–water partition coefficient (Wildman–Crippen LogP) is 6.73. The zero-order chi connectivity index (χ0) is 29.7. The lowest BCUT2D eigenvalue weighted by Crippen LogP contribution is -2.35. The molecule has 0 radical (unpaired) electrons. The van der Waals surface area contributed by atoms with Gasteiger partial charge in [0.15, 0.2) is 16.6 Å². The van der Waals surface area contributed by atoms with E-state index in [4.69, 9.17) is 54.4 Å². The number of amides is 1. The van der Waals surface area contributed by atoms with Crippen LogP contribution in [0.25, 0.3) is 6.08 Å². The van der Waals surface area contributed by atoms with Gasteiger partial charge in [-0.15, -0.1) is 0 Å². The summed E-state index contributed by atoms with van der Waals surface area (Å²) in [5.74, 6) is 0.731. The van der Waals surface area contributed by atoms with Gasteiger partial charge in [-0.2, -0.15) is 0 Å². The maximum absolute atomic E-state index is 13.7. The molecule has 4 rings (SSSR count). The van der Waals surface area contributed by atoms with E-state index in [-0.39, 0.29) is 24.0 Å². The molecule has 1 fully saturated rings. The van der Waals surface area contributed by atoms with Crippen LogP contribution < -0.4 is 19.1 Å². The Hall–Kier alpha value is -3.06. The highest BCUT2D eigenvalue weighted by Crippen LogP contribution is 2.37. The Bertz CT molecular complexity index is 1520. The van der Waals surface area contributed by atoms with Gasteiger partial charge in [0.25, 0.3) is 5.91 Å². The summed E-state index contributed by atoms with van der Waals surface area (Å²) in [4.78, 5) is 28.8. The third-order valence-corrected chi connectivity index (χ3v) is 7.93. The summed E-state index contributed by atoms with van der Waals surface area (Å²) in [6.07, 6.45) is 1.66. The molecule has 12 heteroatoms. The first-order chi connectivity index (χ1) is 19.7. The van der Waals surface area contributed by atoms with Crippen LogP contribution in [0.4, 0.5) is 5.69 Å². The summed E-state index contributed by atoms with van der Waals surface area (Å²) in [5.41, 5.74) is 2.23. The average molecular weight is 727 g/mol. The molecule has 1 aliphatic heterocycles. The highest BCUT2D eigenvalue weighted by atomic mass is 127. The number of hydrogen-bond donors (Lipinski definition) is 0. The quantitative estimate of drug-likeness (QED) is 0.0986. The molecule has 8 nitrogen and oxygen atoms in total. The lowest BCUT2D eigenvalue weighted by atomic mass is 10.1. The molecule has 0 aliphatic carbocycles. The van der Waals surface area contributed by atoms with E-state index in [1.807, 2.05) is 19.1 Å². The monoisotopic (exact) mass is 726 g/mol. The molecule has 3 aromatic rings. The maximum atomic E-state index is 13.7. The Kier molecular flexibility index (Phi) is 10.3. The van der Waals surface area contributed by atoms with Crippen LogP contribution in [0.5, 0.6) is 17.2 Å². The zero-order valence-electron chi connectivity index (χ0n) is 22.3. The van der Waals surface area contributed by atoms with Gasteiger partial charge < -0.3 is 23.8 Å². The molecule has 0 N–H and O–H groups in total. The Morgan fingerprint density at radius 3 is 2.39 bits per heavy atom. The predicted molar refractivity (Wildman–Crippen MR) is 171 cm³/mol. The van der Waals surface area contributed by atoms with E-state index in [9.17, 15) is 9.59 Å². The number of methoxy groups -OCH3 is 2. The van der Waals surface area contributed by atoms with Crippen molar-refractivity contribution in [3.8, 4) is 17.2 Å². The lowest BCUT2D eigenvalue weighted by Gasteiger charge is -2.19. The van der Waals surface area contributed by atoms with Crippen LogP contribution in [0, 0.1) is 3.57 Å². The standard InChI is InChI=1S/C29H25Cl2IN2O6S/c1-4-39-25-14-18(12-23(32)27(25)40-16-17-5-10-21(30)22(31)11-17)13-24-28(36)34(19-6-8-20(37-2)9-7-19)29(41)33(24)15-26(35)38-3/h5-14H,4,15-16H2,1-3H3/b24-13-. The van der Waals surface area contributed by atoms with Crippen molar-refractivity contribution in [2.24, 2.45) is 0 Å². The normalized spacial score (nSPS) is 14.0. The highest BCUT2D eigenvalue weighted by Gasteiger charge is 2.40. The second-order valence-electron chi connectivity index (χ2n) is 8.61. The maximum Gasteiger partial charge on any atom is 0.325 e. The largest absolute Gasteiger partial charge is 0.497 e. The molecule has 0 spiro atoms. The van der Waals surface area contributed by atoms with Crippen molar-refractivity contribution in [3.05, 3.63) is 85.0 Å². The van der Waals surface area contributed by atoms with Gasteiger partial charge >= 0.3 is 5.97 Å². The van der Waals surface area contributed by atoms with Gasteiger partial charge in [0.1, 0.15) is 24.6 Å². The molecule has 3 aromatic carbocycles. The first kappa shape index (κ1) is 30.9. The second kappa shape index (κ2) is 13.7. The number of rotatable bonds is 10. The minimum Gasteiger partial charge on any atom is -0.497 e. The molecule has 0 atom stereocenters. The number of carbonyl (C=O) groups excluding carboxylic acids is 2. The molecule has 1 amide bonds. The van der Waals surface area contributed by atoms with E-state index in [2.05, 4.69) is 22.6 Å². The molecule has 214 valence electrons. The fourth-order valence-electron chi connectivity index (χ4n) is 4.00. The minimum atomic E-state index is -0.543. The topological polar surface area (TPSA) is 77.5 Å². The Morgan fingerprint density at radius 2 is 1.76 bits per heavy atom. The van der Waals surface area contributed by atoms with E-state index in [1.165, 1.54) is 16.9 Å². The van der Waals surface area contributed by atoms with Gasteiger partial charge in [0.05, 0.1) is 40.1 Å². The minimum absolute atomic E-state index is 0.151. The first-order valence-electron chi connectivity index (χ1n) is 12.3. The number of hydrogen-bond acceptors (Lipinski definition) is 7. The van der Waals surface area contributed by atoms with E-state index in [0.717, 1.165) is 9.13 Å². The van der Waals surface area contributed by atoms with Crippen molar-refractivity contribution in [2.45, 2.75) is 13.5 Å². The molecule has 0 bridgehead atoms. The number of halogens is 3. The molecule has 0 unspecified atom stereocenters. The number of nitrogens with zero attached hydrogens (tertiary/aromatic N) is 2. The average Bonchev–Trinajstić information content (AvgIpc) is 3.18. The summed E-state index contributed by atoms with van der Waals surface area (Å²) in [5, 5.41) is 1.05. The first-order valence-corrected chi connectivity index (χ1v) is 14.5. The van der Waals surface area contributed by atoms with E-state index >= 15 is 0 Å². The number of benzene rings is 3. The van der Waals surface area contributed by atoms with Crippen LogP contribution in [-0.4, -0.2) is 49.3 Å². The molecule has 1 heterocycles. The van der Waals surface area contributed by atoms with Gasteiger partial charge in [0.2, 0.25) is 0 Å². The molecule has 1 aliphatic rings. The number of carbonyl (C=O) groups is 2. The van der Waals surface area contributed by atoms with Gasteiger partial charge in [-0.25, -0.2) is 0 Å². The fourth-order valence-corrected chi connectivity index (χ4v) is 5.46. The van der Waals surface area contributed by atoms with E-state index in [1.54, 1.807) is 55.7 Å². The van der Waals surface area contributed by atoms with Crippen LogP contribution in [0.2, 0.25) is 10.0 Å². The number of ether oxygens (including phenoxy) is 4. The Morgan fingerprint density at radius 1 is 1.02 bits per heavy atom. The highest BCUT2D eigenvalue weighted by molar-refractivity contribution is 14.1.